The second-order valence-electron chi connectivity index (χ2n) is 12.7. The Labute approximate surface area is 179 Å². The highest BCUT2D eigenvalue weighted by Crippen LogP contribution is 2.73. The van der Waals surface area contributed by atoms with Crippen LogP contribution in [0.2, 0.25) is 48.4 Å². The van der Waals surface area contributed by atoms with Gasteiger partial charge in [-0.15, -0.1) is 0 Å². The molecule has 0 bridgehead atoms. The Kier molecular flexibility index (Phi) is 5.33. The Morgan fingerprint density at radius 2 is 0.464 bits per heavy atom. The van der Waals surface area contributed by atoms with Gasteiger partial charge in [0.25, 0.3) is 0 Å². The molecule has 1 heterocycles. The molecule has 0 spiro atoms. The van der Waals surface area contributed by atoms with Crippen LogP contribution < -0.4 is 0 Å². The number of hydrogen-bond acceptors (Lipinski definition) is 0. The summed E-state index contributed by atoms with van der Waals surface area (Å²) in [6.45, 7) is 12.7. The largest absolute Gasteiger partial charge is 0.0731 e. The molecule has 160 valence electrons. The minimum absolute atomic E-state index is 1.06. The van der Waals surface area contributed by atoms with Gasteiger partial charge in [-0.3, -0.25) is 0 Å². The van der Waals surface area contributed by atoms with Gasteiger partial charge in [-0.1, -0.05) is 129 Å². The summed E-state index contributed by atoms with van der Waals surface area (Å²) in [6.07, 6.45) is 26.5. The zero-order valence-corrected chi connectivity index (χ0v) is 23.6. The highest BCUT2D eigenvalue weighted by atomic mass is 30.2. The molecule has 5 rings (SSSR count). The van der Waals surface area contributed by atoms with E-state index in [1.165, 1.54) is 22.2 Å². The standard InChI is InChI=1S/C24H48Si4/c1-25(21-13-5-6-14-21)26(2,22-15-7-8-16-22)28(4,24-19-11-12-20-24)27(25,3)23-17-9-10-18-23/h21-24H,5-20H2,1-4H3. The Bertz CT molecular complexity index is 465. The zero-order valence-electron chi connectivity index (χ0n) is 19.6. The zero-order chi connectivity index (χ0) is 19.6. The molecular weight excluding hydrogens is 401 g/mol. The fraction of sp³-hybridized carbons (Fsp3) is 1.00. The van der Waals surface area contributed by atoms with Crippen LogP contribution in [0, 0.1) is 0 Å². The highest BCUT2D eigenvalue weighted by Gasteiger charge is 2.87. The molecule has 0 aromatic carbocycles. The van der Waals surface area contributed by atoms with Crippen molar-refractivity contribution in [3.05, 3.63) is 0 Å². The summed E-state index contributed by atoms with van der Waals surface area (Å²) in [4.78, 5) is 0. The third-order valence-corrected chi connectivity index (χ3v) is 113. The predicted molar refractivity (Wildman–Crippen MR) is 135 cm³/mol. The van der Waals surface area contributed by atoms with Crippen molar-refractivity contribution < 1.29 is 0 Å². The fourth-order valence-corrected chi connectivity index (χ4v) is 167. The molecule has 0 atom stereocenters. The molecule has 0 aromatic rings. The lowest BCUT2D eigenvalue weighted by atomic mass is 10.4. The van der Waals surface area contributed by atoms with Gasteiger partial charge < -0.3 is 0 Å². The maximum Gasteiger partial charge on any atom is 0.0378 e. The van der Waals surface area contributed by atoms with Gasteiger partial charge in [0.15, 0.2) is 0 Å². The first-order valence-corrected chi connectivity index (χ1v) is 27.7. The van der Waals surface area contributed by atoms with E-state index in [1.54, 1.807) is 103 Å². The lowest BCUT2D eigenvalue weighted by Gasteiger charge is -2.83. The average molecular weight is 449 g/mol. The van der Waals surface area contributed by atoms with E-state index in [9.17, 15) is 0 Å². The van der Waals surface area contributed by atoms with Gasteiger partial charge in [0.1, 0.15) is 0 Å². The lowest BCUT2D eigenvalue weighted by molar-refractivity contribution is 0.793. The van der Waals surface area contributed by atoms with Gasteiger partial charge in [-0.25, -0.2) is 0 Å². The van der Waals surface area contributed by atoms with Gasteiger partial charge in [0.2, 0.25) is 0 Å². The fourth-order valence-electron chi connectivity index (χ4n) is 11.5. The Hall–Kier alpha value is 0.868. The maximum atomic E-state index is 3.17. The summed E-state index contributed by atoms with van der Waals surface area (Å²) < 4.78 is 0. The third-order valence-electron chi connectivity index (χ3n) is 13.0. The van der Waals surface area contributed by atoms with E-state index in [-0.39, 0.29) is 0 Å². The lowest BCUT2D eigenvalue weighted by Crippen LogP contribution is -3.07. The molecule has 5 aliphatic rings. The van der Waals surface area contributed by atoms with Crippen molar-refractivity contribution in [2.45, 2.75) is 151 Å². The highest BCUT2D eigenvalue weighted by molar-refractivity contribution is 8.14. The summed E-state index contributed by atoms with van der Waals surface area (Å²) in [5.74, 6) is 0. The molecule has 1 saturated heterocycles. The SMILES string of the molecule is C[Si]1(C2CCCC2)[Si](C)(C2CCCC2)[Si](C)(C2CCCC2)[Si]1(C)C1CCCC1. The maximum absolute atomic E-state index is 3.17. The second kappa shape index (κ2) is 7.20. The van der Waals surface area contributed by atoms with Crippen LogP contribution in [0.3, 0.4) is 0 Å². The summed E-state index contributed by atoms with van der Waals surface area (Å²) in [6, 6.07) is 0. The predicted octanol–water partition coefficient (Wildman–Crippen LogP) is 8.40. The van der Waals surface area contributed by atoms with Gasteiger partial charge in [0.05, 0.1) is 0 Å². The molecule has 4 heteroatoms. The molecule has 5 fully saturated rings. The van der Waals surface area contributed by atoms with Crippen molar-refractivity contribution in [3.63, 3.8) is 0 Å². The van der Waals surface area contributed by atoms with Crippen LogP contribution in [0.25, 0.3) is 0 Å². The monoisotopic (exact) mass is 448 g/mol. The van der Waals surface area contributed by atoms with E-state index in [4.69, 9.17) is 0 Å². The molecule has 0 amide bonds. The smallest absolute Gasteiger partial charge is 0.0378 e. The van der Waals surface area contributed by atoms with Crippen LogP contribution in [-0.2, 0) is 0 Å². The molecule has 0 nitrogen and oxygen atoms in total. The molecular formula is C24H48Si4. The van der Waals surface area contributed by atoms with E-state index in [1.807, 2.05) is 0 Å². The van der Waals surface area contributed by atoms with Gasteiger partial charge >= 0.3 is 0 Å². The van der Waals surface area contributed by atoms with E-state index < -0.39 is 28.4 Å². The first-order valence-electron chi connectivity index (χ1n) is 13.4. The molecule has 4 saturated carbocycles. The normalized spacial score (nSPS) is 49.3. The summed E-state index contributed by atoms with van der Waals surface area (Å²) in [5, 5.41) is 0. The van der Waals surface area contributed by atoms with Gasteiger partial charge in [0, 0.05) is 28.4 Å². The van der Waals surface area contributed by atoms with Crippen molar-refractivity contribution in [1.29, 1.82) is 0 Å². The van der Waals surface area contributed by atoms with E-state index in [2.05, 4.69) is 26.2 Å². The molecule has 1 aliphatic heterocycles. The van der Waals surface area contributed by atoms with Crippen LogP contribution in [0.4, 0.5) is 0 Å². The molecule has 0 radical (unpaired) electrons. The molecule has 0 unspecified atom stereocenters. The van der Waals surface area contributed by atoms with Crippen molar-refractivity contribution in [2.24, 2.45) is 0 Å². The Morgan fingerprint density at radius 1 is 0.321 bits per heavy atom. The summed E-state index contributed by atoms with van der Waals surface area (Å²) in [7, 11) is -4.26. The molecule has 0 aromatic heterocycles. The topological polar surface area (TPSA) is 0 Å². The molecule has 0 N–H and O–H groups in total. The quantitative estimate of drug-likeness (QED) is 0.378. The van der Waals surface area contributed by atoms with Crippen molar-refractivity contribution in [2.75, 3.05) is 0 Å². The molecule has 4 aliphatic carbocycles. The minimum atomic E-state index is -1.06. The first kappa shape index (κ1) is 20.8. The first-order chi connectivity index (χ1) is 13.4. The van der Waals surface area contributed by atoms with E-state index in [0.29, 0.717) is 0 Å². The minimum Gasteiger partial charge on any atom is -0.0731 e. The van der Waals surface area contributed by atoms with Crippen LogP contribution in [0.15, 0.2) is 0 Å². The van der Waals surface area contributed by atoms with E-state index >= 15 is 0 Å². The van der Waals surface area contributed by atoms with Crippen LogP contribution >= 0.6 is 0 Å². The summed E-state index contributed by atoms with van der Waals surface area (Å²) >= 11 is 0. The van der Waals surface area contributed by atoms with Crippen molar-refractivity contribution >= 4 is 28.4 Å². The number of hydrogen-bond donors (Lipinski definition) is 0. The third kappa shape index (κ3) is 2.28. The van der Waals surface area contributed by atoms with Crippen LogP contribution in [-0.4, -0.2) is 28.4 Å². The van der Waals surface area contributed by atoms with Crippen LogP contribution in [0.1, 0.15) is 103 Å². The Morgan fingerprint density at radius 3 is 0.607 bits per heavy atom. The molecule has 28 heavy (non-hydrogen) atoms. The van der Waals surface area contributed by atoms with Crippen molar-refractivity contribution in [1.82, 2.24) is 0 Å². The van der Waals surface area contributed by atoms with Crippen LogP contribution in [0.5, 0.6) is 0 Å². The van der Waals surface area contributed by atoms with Gasteiger partial charge in [-0.05, 0) is 22.2 Å². The average Bonchev–Trinajstić information content (AvgIpc) is 3.53. The second-order valence-corrected chi connectivity index (χ2v) is 56.5. The number of rotatable bonds is 4. The summed E-state index contributed by atoms with van der Waals surface area (Å²) in [5.41, 5.74) is 5.24. The Balaban J connectivity index is 1.67. The van der Waals surface area contributed by atoms with Crippen molar-refractivity contribution in [3.8, 4) is 0 Å². The van der Waals surface area contributed by atoms with Gasteiger partial charge in [-0.2, -0.15) is 0 Å². The van der Waals surface area contributed by atoms with E-state index in [0.717, 1.165) is 0 Å².